The molecule has 1 aromatic rings. The van der Waals surface area contributed by atoms with Crippen LogP contribution in [0.5, 0.6) is 0 Å². The molecule has 0 spiro atoms. The number of nitrogens with zero attached hydrogens (tertiary/aromatic N) is 1. The van der Waals surface area contributed by atoms with Gasteiger partial charge in [0.2, 0.25) is 0 Å². The molecular formula is C12H18N2O4. The summed E-state index contributed by atoms with van der Waals surface area (Å²) in [5.41, 5.74) is 7.66. The van der Waals surface area contributed by atoms with Crippen LogP contribution in [-0.2, 0) is 9.59 Å². The molecule has 0 heterocycles. The first-order chi connectivity index (χ1) is 8.42. The van der Waals surface area contributed by atoms with E-state index in [9.17, 15) is 0 Å². The Morgan fingerprint density at radius 2 is 1.44 bits per heavy atom. The summed E-state index contributed by atoms with van der Waals surface area (Å²) >= 11 is 0. The standard InChI is InChI=1S/C10H16N2.C2H2O4/c1-3-12(4-2)10-7-5-9(11)6-8-10;3-1(4)2(5)6/h5-8H,3-4,11H2,1-2H3;(H,3,4)(H,5,6). The van der Waals surface area contributed by atoms with E-state index in [1.165, 1.54) is 5.69 Å². The van der Waals surface area contributed by atoms with E-state index in [0.717, 1.165) is 18.8 Å². The van der Waals surface area contributed by atoms with Crippen molar-refractivity contribution in [1.29, 1.82) is 0 Å². The Bertz CT molecular complexity index is 374. The van der Waals surface area contributed by atoms with Crippen molar-refractivity contribution in [3.8, 4) is 0 Å². The summed E-state index contributed by atoms with van der Waals surface area (Å²) in [4.78, 5) is 20.5. The lowest BCUT2D eigenvalue weighted by Gasteiger charge is -2.20. The predicted octanol–water partition coefficient (Wildman–Crippen LogP) is 1.27. The zero-order valence-electron chi connectivity index (χ0n) is 10.5. The minimum absolute atomic E-state index is 0.825. The molecule has 0 radical (unpaired) electrons. The molecule has 1 rings (SSSR count). The van der Waals surface area contributed by atoms with Gasteiger partial charge in [-0.05, 0) is 38.1 Å². The molecule has 1 aromatic carbocycles. The predicted molar refractivity (Wildman–Crippen MR) is 69.7 cm³/mol. The van der Waals surface area contributed by atoms with Gasteiger partial charge in [0.05, 0.1) is 0 Å². The normalized spacial score (nSPS) is 9.00. The molecule has 0 unspecified atom stereocenters. The Balaban J connectivity index is 0.000000411. The van der Waals surface area contributed by atoms with Gasteiger partial charge in [0, 0.05) is 24.5 Å². The van der Waals surface area contributed by atoms with Crippen molar-refractivity contribution in [3.63, 3.8) is 0 Å². The van der Waals surface area contributed by atoms with Gasteiger partial charge in [0.1, 0.15) is 0 Å². The van der Waals surface area contributed by atoms with E-state index >= 15 is 0 Å². The van der Waals surface area contributed by atoms with Crippen LogP contribution in [0.1, 0.15) is 13.8 Å². The van der Waals surface area contributed by atoms with E-state index in [1.54, 1.807) is 0 Å². The van der Waals surface area contributed by atoms with Gasteiger partial charge in [-0.1, -0.05) is 0 Å². The smallest absolute Gasteiger partial charge is 0.414 e. The van der Waals surface area contributed by atoms with E-state index in [2.05, 4.69) is 30.9 Å². The van der Waals surface area contributed by atoms with Crippen molar-refractivity contribution in [2.24, 2.45) is 0 Å². The molecule has 0 aliphatic carbocycles. The number of benzene rings is 1. The van der Waals surface area contributed by atoms with Crippen LogP contribution in [0, 0.1) is 0 Å². The number of rotatable bonds is 3. The highest BCUT2D eigenvalue weighted by Gasteiger charge is 2.04. The number of hydrogen-bond donors (Lipinski definition) is 3. The minimum Gasteiger partial charge on any atom is -0.473 e. The fraction of sp³-hybridized carbons (Fsp3) is 0.333. The Kier molecular flexibility index (Phi) is 6.95. The second-order valence-electron chi connectivity index (χ2n) is 3.37. The first-order valence-electron chi connectivity index (χ1n) is 5.49. The average molecular weight is 254 g/mol. The highest BCUT2D eigenvalue weighted by molar-refractivity contribution is 6.27. The van der Waals surface area contributed by atoms with Gasteiger partial charge < -0.3 is 20.8 Å². The zero-order chi connectivity index (χ0) is 14.1. The second-order valence-corrected chi connectivity index (χ2v) is 3.37. The summed E-state index contributed by atoms with van der Waals surface area (Å²) in [7, 11) is 0. The number of hydrogen-bond acceptors (Lipinski definition) is 4. The van der Waals surface area contributed by atoms with Crippen LogP contribution in [0.3, 0.4) is 0 Å². The van der Waals surface area contributed by atoms with Crippen molar-refractivity contribution >= 4 is 23.3 Å². The molecule has 6 nitrogen and oxygen atoms in total. The highest BCUT2D eigenvalue weighted by Crippen LogP contribution is 2.15. The fourth-order valence-corrected chi connectivity index (χ4v) is 1.27. The largest absolute Gasteiger partial charge is 0.473 e. The Morgan fingerprint density at radius 1 is 1.06 bits per heavy atom. The van der Waals surface area contributed by atoms with Crippen molar-refractivity contribution in [2.75, 3.05) is 23.7 Å². The van der Waals surface area contributed by atoms with Crippen molar-refractivity contribution < 1.29 is 19.8 Å². The maximum absolute atomic E-state index is 9.10. The van der Waals surface area contributed by atoms with Gasteiger partial charge in [-0.15, -0.1) is 0 Å². The lowest BCUT2D eigenvalue weighted by atomic mass is 10.2. The Hall–Kier alpha value is -2.24. The van der Waals surface area contributed by atoms with E-state index < -0.39 is 11.9 Å². The summed E-state index contributed by atoms with van der Waals surface area (Å²) in [5, 5.41) is 14.8. The molecule has 0 saturated heterocycles. The van der Waals surface area contributed by atoms with Gasteiger partial charge >= 0.3 is 11.9 Å². The summed E-state index contributed by atoms with van der Waals surface area (Å²) in [6.07, 6.45) is 0. The molecule has 0 fully saturated rings. The first-order valence-corrected chi connectivity index (χ1v) is 5.49. The summed E-state index contributed by atoms with van der Waals surface area (Å²) in [6, 6.07) is 7.99. The van der Waals surface area contributed by atoms with Crippen LogP contribution in [0.25, 0.3) is 0 Å². The molecule has 4 N–H and O–H groups in total. The van der Waals surface area contributed by atoms with Crippen LogP contribution < -0.4 is 10.6 Å². The van der Waals surface area contributed by atoms with Gasteiger partial charge in [-0.2, -0.15) is 0 Å². The number of carboxylic acid groups (broad SMARTS) is 2. The monoisotopic (exact) mass is 254 g/mol. The Morgan fingerprint density at radius 3 is 1.72 bits per heavy atom. The van der Waals surface area contributed by atoms with Crippen LogP contribution in [0.2, 0.25) is 0 Å². The minimum atomic E-state index is -1.82. The number of nitrogen functional groups attached to an aromatic ring is 1. The number of carbonyl (C=O) groups is 2. The summed E-state index contributed by atoms with van der Waals surface area (Å²) in [6.45, 7) is 6.39. The number of nitrogens with two attached hydrogens (primary N) is 1. The molecule has 0 amide bonds. The molecule has 0 aliphatic heterocycles. The molecule has 0 bridgehead atoms. The summed E-state index contributed by atoms with van der Waals surface area (Å²) in [5.74, 6) is -3.65. The van der Waals surface area contributed by atoms with Crippen LogP contribution in [0.15, 0.2) is 24.3 Å². The molecule has 6 heteroatoms. The van der Waals surface area contributed by atoms with Crippen LogP contribution >= 0.6 is 0 Å². The molecule has 100 valence electrons. The maximum atomic E-state index is 9.10. The van der Waals surface area contributed by atoms with Crippen molar-refractivity contribution in [3.05, 3.63) is 24.3 Å². The van der Waals surface area contributed by atoms with Crippen LogP contribution in [-0.4, -0.2) is 35.2 Å². The van der Waals surface area contributed by atoms with Gasteiger partial charge in [-0.3, -0.25) is 0 Å². The number of carboxylic acids is 2. The van der Waals surface area contributed by atoms with E-state index in [4.69, 9.17) is 25.5 Å². The molecule has 0 aliphatic rings. The molecule has 0 saturated carbocycles. The lowest BCUT2D eigenvalue weighted by molar-refractivity contribution is -0.159. The van der Waals surface area contributed by atoms with Crippen LogP contribution in [0.4, 0.5) is 11.4 Å². The highest BCUT2D eigenvalue weighted by atomic mass is 16.4. The van der Waals surface area contributed by atoms with E-state index in [1.807, 2.05) is 12.1 Å². The van der Waals surface area contributed by atoms with Gasteiger partial charge in [0.25, 0.3) is 0 Å². The second kappa shape index (κ2) is 7.94. The fourth-order valence-electron chi connectivity index (χ4n) is 1.27. The zero-order valence-corrected chi connectivity index (χ0v) is 10.5. The average Bonchev–Trinajstić information content (AvgIpc) is 2.33. The lowest BCUT2D eigenvalue weighted by Crippen LogP contribution is -2.21. The maximum Gasteiger partial charge on any atom is 0.414 e. The SMILES string of the molecule is CCN(CC)c1ccc(N)cc1.O=C(O)C(=O)O. The molecule has 0 atom stereocenters. The van der Waals surface area contributed by atoms with E-state index in [0.29, 0.717) is 0 Å². The quantitative estimate of drug-likeness (QED) is 0.554. The topological polar surface area (TPSA) is 104 Å². The molecule has 0 aromatic heterocycles. The Labute approximate surface area is 106 Å². The summed E-state index contributed by atoms with van der Waals surface area (Å²) < 4.78 is 0. The third kappa shape index (κ3) is 5.74. The number of anilines is 2. The molecule has 18 heavy (non-hydrogen) atoms. The van der Waals surface area contributed by atoms with Crippen molar-refractivity contribution in [2.45, 2.75) is 13.8 Å². The van der Waals surface area contributed by atoms with E-state index in [-0.39, 0.29) is 0 Å². The van der Waals surface area contributed by atoms with Crippen molar-refractivity contribution in [1.82, 2.24) is 0 Å². The third-order valence-electron chi connectivity index (χ3n) is 2.20. The van der Waals surface area contributed by atoms with Gasteiger partial charge in [-0.25, -0.2) is 9.59 Å². The third-order valence-corrected chi connectivity index (χ3v) is 2.20. The molecular weight excluding hydrogens is 236 g/mol. The van der Waals surface area contributed by atoms with Gasteiger partial charge in [0.15, 0.2) is 0 Å². The first kappa shape index (κ1) is 15.8. The number of aliphatic carboxylic acids is 2.